The highest BCUT2D eigenvalue weighted by molar-refractivity contribution is 5.84. The van der Waals surface area contributed by atoms with E-state index in [-0.39, 0.29) is 6.61 Å². The minimum Gasteiger partial charge on any atom is -0.462 e. The second kappa shape index (κ2) is 20.5. The first-order valence-electron chi connectivity index (χ1n) is 15.6. The van der Waals surface area contributed by atoms with Crippen LogP contribution in [0.2, 0.25) is 0 Å². The van der Waals surface area contributed by atoms with Gasteiger partial charge in [-0.05, 0) is 5.56 Å². The summed E-state index contributed by atoms with van der Waals surface area (Å²) in [6, 6.07) is 8.98. The Kier molecular flexibility index (Phi) is 16.9. The maximum atomic E-state index is 13.8. The van der Waals surface area contributed by atoms with Crippen LogP contribution < -0.4 is 5.32 Å². The van der Waals surface area contributed by atoms with Crippen molar-refractivity contribution >= 4 is 47.7 Å². The largest absolute Gasteiger partial charge is 0.462 e. The molecule has 1 saturated heterocycles. The summed E-state index contributed by atoms with van der Waals surface area (Å²) in [6.07, 6.45) is -11.2. The summed E-state index contributed by atoms with van der Waals surface area (Å²) in [4.78, 5) is 98.2. The molecule has 0 saturated carbocycles. The number of ether oxygens (including phenoxy) is 9. The van der Waals surface area contributed by atoms with Gasteiger partial charge in [-0.15, -0.1) is 0 Å². The van der Waals surface area contributed by atoms with E-state index in [1.54, 1.807) is 24.3 Å². The summed E-state index contributed by atoms with van der Waals surface area (Å²) in [7, 11) is 0. The molecule has 18 heteroatoms. The number of hydrogen-bond acceptors (Lipinski definition) is 17. The lowest BCUT2D eigenvalue weighted by Gasteiger charge is -2.40. The zero-order chi connectivity index (χ0) is 38.2. The van der Waals surface area contributed by atoms with Crippen molar-refractivity contribution in [1.82, 2.24) is 5.32 Å². The molecule has 0 unspecified atom stereocenters. The smallest absolute Gasteiger partial charge is 0.303 e. The van der Waals surface area contributed by atoms with Crippen LogP contribution in [0.5, 0.6) is 0 Å². The highest BCUT2D eigenvalue weighted by atomic mass is 16.7. The van der Waals surface area contributed by atoms with Gasteiger partial charge < -0.3 is 47.9 Å². The fraction of sp³-hybridized carbons (Fsp3) is 0.545. The molecule has 1 aromatic rings. The van der Waals surface area contributed by atoms with Gasteiger partial charge in [-0.2, -0.15) is 0 Å². The third-order valence-electron chi connectivity index (χ3n) is 6.60. The Morgan fingerprint density at radius 1 is 0.686 bits per heavy atom. The summed E-state index contributed by atoms with van der Waals surface area (Å²) in [5.74, 6) is -7.53. The Labute approximate surface area is 293 Å². The van der Waals surface area contributed by atoms with E-state index < -0.39 is 110 Å². The maximum absolute atomic E-state index is 13.8. The first-order chi connectivity index (χ1) is 24.0. The number of esters is 7. The summed E-state index contributed by atoms with van der Waals surface area (Å²) >= 11 is 0. The standard InChI is InChI=1S/C33H42NO17/c1-17(35)43-16-27(46-19(3)37)30(48-21(5)39)31(49-22(6)40)32(50-23(7)41)33(42)34-14-26-29(47-20(4)38)25(45-18(2)36)13-28(51-26)44-15-24-11-9-8-10-12-24/h8-13,25-32H,14-16H2,1-7H3,(H,34,42)/t25-,26-,27-,28+,29+,30+,31-,32-/m1/s1. The predicted octanol–water partition coefficient (Wildman–Crippen LogP) is 0.402. The van der Waals surface area contributed by atoms with Crippen molar-refractivity contribution in [3.63, 3.8) is 0 Å². The minimum atomic E-state index is -2.09. The van der Waals surface area contributed by atoms with Crippen LogP contribution in [-0.2, 0) is 87.6 Å². The van der Waals surface area contributed by atoms with Gasteiger partial charge in [0.1, 0.15) is 18.8 Å². The molecule has 51 heavy (non-hydrogen) atoms. The third-order valence-corrected chi connectivity index (χ3v) is 6.60. The van der Waals surface area contributed by atoms with Gasteiger partial charge in [0.15, 0.2) is 30.7 Å². The second-order valence-corrected chi connectivity index (χ2v) is 11.1. The fourth-order valence-corrected chi connectivity index (χ4v) is 4.81. The van der Waals surface area contributed by atoms with E-state index in [9.17, 15) is 38.4 Å². The van der Waals surface area contributed by atoms with Crippen LogP contribution in [0, 0.1) is 6.42 Å². The van der Waals surface area contributed by atoms with Crippen molar-refractivity contribution in [1.29, 1.82) is 0 Å². The Morgan fingerprint density at radius 2 is 1.25 bits per heavy atom. The number of nitrogens with one attached hydrogen (secondary N) is 1. The number of hydrogen-bond donors (Lipinski definition) is 1. The molecule has 1 aliphatic heterocycles. The number of rotatable bonds is 17. The predicted molar refractivity (Wildman–Crippen MR) is 167 cm³/mol. The monoisotopic (exact) mass is 724 g/mol. The molecule has 1 amide bonds. The zero-order valence-electron chi connectivity index (χ0n) is 29.1. The molecule has 18 nitrogen and oxygen atoms in total. The average Bonchev–Trinajstić information content (AvgIpc) is 3.02. The van der Waals surface area contributed by atoms with Crippen LogP contribution in [-0.4, -0.2) is 110 Å². The van der Waals surface area contributed by atoms with Gasteiger partial charge in [-0.1, -0.05) is 30.3 Å². The second-order valence-electron chi connectivity index (χ2n) is 11.1. The van der Waals surface area contributed by atoms with Crippen LogP contribution in [0.4, 0.5) is 0 Å². The highest BCUT2D eigenvalue weighted by Crippen LogP contribution is 2.27. The lowest BCUT2D eigenvalue weighted by Crippen LogP contribution is -2.59. The molecule has 2 rings (SSSR count). The van der Waals surface area contributed by atoms with E-state index in [4.69, 9.17) is 42.6 Å². The quantitative estimate of drug-likeness (QED) is 0.169. The Balaban J connectivity index is 2.48. The normalized spacial score (nSPS) is 20.5. The van der Waals surface area contributed by atoms with Gasteiger partial charge in [-0.3, -0.25) is 38.4 Å². The van der Waals surface area contributed by atoms with Gasteiger partial charge >= 0.3 is 41.8 Å². The van der Waals surface area contributed by atoms with Crippen molar-refractivity contribution in [2.45, 2.75) is 104 Å². The highest BCUT2D eigenvalue weighted by Gasteiger charge is 2.48. The Hall–Kier alpha value is -5.10. The molecular weight excluding hydrogens is 682 g/mol. The van der Waals surface area contributed by atoms with Crippen LogP contribution in [0.25, 0.3) is 0 Å². The van der Waals surface area contributed by atoms with Crippen LogP contribution in [0.15, 0.2) is 30.3 Å². The SMILES string of the molecule is CC(=O)OC[C@@H](OC(C)=O)[C@H](OC(C)=O)[C@@H](OC(C)=O)[C@@H](OC(C)=O)C(=O)NC[C@H]1O[C@H](OCc2ccccc2)[CH][C@@H](OC(C)=O)[C@@H]1OC(C)=O. The summed E-state index contributed by atoms with van der Waals surface area (Å²) < 4.78 is 48.6. The molecule has 1 aromatic carbocycles. The van der Waals surface area contributed by atoms with Gasteiger partial charge in [0, 0.05) is 55.0 Å². The lowest BCUT2D eigenvalue weighted by molar-refractivity contribution is -0.236. The van der Waals surface area contributed by atoms with Gasteiger partial charge in [0.05, 0.1) is 13.0 Å². The van der Waals surface area contributed by atoms with Crippen molar-refractivity contribution in [3.8, 4) is 0 Å². The molecule has 1 N–H and O–H groups in total. The van der Waals surface area contributed by atoms with Crippen LogP contribution in [0.3, 0.4) is 0 Å². The molecule has 0 spiro atoms. The summed E-state index contributed by atoms with van der Waals surface area (Å²) in [5, 5.41) is 2.45. The summed E-state index contributed by atoms with van der Waals surface area (Å²) in [5.41, 5.74) is 0.773. The Bertz CT molecular complexity index is 1400. The fourth-order valence-electron chi connectivity index (χ4n) is 4.81. The van der Waals surface area contributed by atoms with Crippen molar-refractivity contribution in [3.05, 3.63) is 42.3 Å². The Morgan fingerprint density at radius 3 is 1.78 bits per heavy atom. The first-order valence-corrected chi connectivity index (χ1v) is 15.6. The maximum Gasteiger partial charge on any atom is 0.303 e. The van der Waals surface area contributed by atoms with E-state index in [1.807, 2.05) is 6.07 Å². The number of carbonyl (C=O) groups is 8. The van der Waals surface area contributed by atoms with Crippen molar-refractivity contribution < 1.29 is 81.0 Å². The van der Waals surface area contributed by atoms with E-state index in [2.05, 4.69) is 5.32 Å². The molecule has 0 bridgehead atoms. The van der Waals surface area contributed by atoms with E-state index >= 15 is 0 Å². The van der Waals surface area contributed by atoms with Crippen molar-refractivity contribution in [2.24, 2.45) is 0 Å². The van der Waals surface area contributed by atoms with Gasteiger partial charge in [0.25, 0.3) is 5.91 Å². The molecule has 1 radical (unpaired) electrons. The molecule has 1 heterocycles. The average molecular weight is 725 g/mol. The zero-order valence-corrected chi connectivity index (χ0v) is 29.1. The topological polar surface area (TPSA) is 232 Å². The third kappa shape index (κ3) is 15.1. The van der Waals surface area contributed by atoms with Crippen molar-refractivity contribution in [2.75, 3.05) is 13.2 Å². The van der Waals surface area contributed by atoms with Gasteiger partial charge in [0.2, 0.25) is 6.10 Å². The lowest BCUT2D eigenvalue weighted by atomic mass is 9.99. The molecule has 0 aromatic heterocycles. The number of amides is 1. The molecule has 1 aliphatic rings. The molecule has 1 fully saturated rings. The summed E-state index contributed by atoms with van der Waals surface area (Å²) in [6.45, 7) is 5.91. The van der Waals surface area contributed by atoms with Gasteiger partial charge in [-0.25, -0.2) is 0 Å². The first kappa shape index (κ1) is 42.1. The number of benzene rings is 1. The van der Waals surface area contributed by atoms with E-state index in [1.165, 1.54) is 6.42 Å². The van der Waals surface area contributed by atoms with Crippen LogP contribution >= 0.6 is 0 Å². The molecular formula is C33H42NO17. The minimum absolute atomic E-state index is 0.0546. The molecule has 281 valence electrons. The van der Waals surface area contributed by atoms with E-state index in [0.717, 1.165) is 54.0 Å². The van der Waals surface area contributed by atoms with E-state index in [0.29, 0.717) is 0 Å². The number of carbonyl (C=O) groups excluding carboxylic acids is 8. The molecule has 8 atom stereocenters. The molecule has 0 aliphatic carbocycles. The van der Waals surface area contributed by atoms with Crippen LogP contribution in [0.1, 0.15) is 54.0 Å².